The molecule has 1 N–H and O–H groups in total. The Kier molecular flexibility index (Phi) is 7.14. The highest BCUT2D eigenvalue weighted by atomic mass is 16.5. The minimum absolute atomic E-state index is 0.109. The minimum atomic E-state index is -0.114. The largest absolute Gasteiger partial charge is 0.461 e. The molecule has 0 aromatic carbocycles. The van der Waals surface area contributed by atoms with Crippen molar-refractivity contribution in [2.45, 2.75) is 65.5 Å². The topological polar surface area (TPSA) is 38.3 Å². The zero-order valence-corrected chi connectivity index (χ0v) is 12.8. The van der Waals surface area contributed by atoms with E-state index in [1.165, 1.54) is 6.42 Å². The van der Waals surface area contributed by atoms with Crippen molar-refractivity contribution in [1.82, 2.24) is 5.32 Å². The highest BCUT2D eigenvalue weighted by Gasteiger charge is 2.34. The Hall–Kier alpha value is -0.830. The van der Waals surface area contributed by atoms with Crippen LogP contribution < -0.4 is 5.32 Å². The first kappa shape index (κ1) is 16.2. The third-order valence-electron chi connectivity index (χ3n) is 3.86. The zero-order chi connectivity index (χ0) is 14.3. The van der Waals surface area contributed by atoms with Gasteiger partial charge in [-0.15, -0.1) is 0 Å². The lowest BCUT2D eigenvalue weighted by Gasteiger charge is -2.22. The molecule has 3 nitrogen and oxygen atoms in total. The van der Waals surface area contributed by atoms with Crippen LogP contribution in [-0.4, -0.2) is 24.7 Å². The summed E-state index contributed by atoms with van der Waals surface area (Å²) in [4.78, 5) is 11.8. The molecular formula is C16H29NO2. The standard InChI is InChI=1S/C16H29NO2/c1-5-6-7-8-14-13(4)9-10-15(14)19-16(18)11-17-12(2)3/h6-7,12-15,17H,5,8-11H2,1-4H3/b7-6-. The lowest BCUT2D eigenvalue weighted by atomic mass is 9.93. The van der Waals surface area contributed by atoms with Crippen LogP contribution in [0.4, 0.5) is 0 Å². The number of allylic oxidation sites excluding steroid dienone is 2. The van der Waals surface area contributed by atoms with Gasteiger partial charge in [0.1, 0.15) is 6.10 Å². The predicted molar refractivity (Wildman–Crippen MR) is 79.0 cm³/mol. The number of rotatable bonds is 7. The molecule has 1 aliphatic rings. The van der Waals surface area contributed by atoms with E-state index < -0.39 is 0 Å². The van der Waals surface area contributed by atoms with Gasteiger partial charge in [-0.2, -0.15) is 0 Å². The second-order valence-corrected chi connectivity index (χ2v) is 5.90. The van der Waals surface area contributed by atoms with Gasteiger partial charge in [0.05, 0.1) is 6.54 Å². The van der Waals surface area contributed by atoms with E-state index in [4.69, 9.17) is 4.74 Å². The highest BCUT2D eigenvalue weighted by molar-refractivity contribution is 5.71. The van der Waals surface area contributed by atoms with Crippen LogP contribution in [0.5, 0.6) is 0 Å². The van der Waals surface area contributed by atoms with E-state index in [0.29, 0.717) is 24.4 Å². The zero-order valence-electron chi connectivity index (χ0n) is 12.8. The van der Waals surface area contributed by atoms with Gasteiger partial charge in [-0.05, 0) is 31.6 Å². The maximum absolute atomic E-state index is 11.8. The predicted octanol–water partition coefficient (Wildman–Crippen LogP) is 3.30. The maximum Gasteiger partial charge on any atom is 0.320 e. The summed E-state index contributed by atoms with van der Waals surface area (Å²) in [6.07, 6.45) is 8.83. The third kappa shape index (κ3) is 5.77. The number of hydrogen-bond acceptors (Lipinski definition) is 3. The first-order chi connectivity index (χ1) is 9.04. The fourth-order valence-corrected chi connectivity index (χ4v) is 2.67. The van der Waals surface area contributed by atoms with Crippen molar-refractivity contribution in [1.29, 1.82) is 0 Å². The van der Waals surface area contributed by atoms with E-state index in [0.717, 1.165) is 19.3 Å². The summed E-state index contributed by atoms with van der Waals surface area (Å²) >= 11 is 0. The fourth-order valence-electron chi connectivity index (χ4n) is 2.67. The van der Waals surface area contributed by atoms with Gasteiger partial charge < -0.3 is 10.1 Å². The second kappa shape index (κ2) is 8.36. The SMILES string of the molecule is CC/C=C\CC1C(C)CCC1OC(=O)CNC(C)C. The molecule has 0 spiro atoms. The number of carbonyl (C=O) groups is 1. The van der Waals surface area contributed by atoms with Crippen molar-refractivity contribution < 1.29 is 9.53 Å². The average Bonchev–Trinajstić information content (AvgIpc) is 2.69. The quantitative estimate of drug-likeness (QED) is 0.568. The van der Waals surface area contributed by atoms with Crippen LogP contribution in [0, 0.1) is 11.8 Å². The molecule has 0 bridgehead atoms. The Morgan fingerprint density at radius 1 is 1.37 bits per heavy atom. The Morgan fingerprint density at radius 2 is 2.11 bits per heavy atom. The Balaban J connectivity index is 2.42. The van der Waals surface area contributed by atoms with Crippen LogP contribution in [0.3, 0.4) is 0 Å². The molecule has 1 saturated carbocycles. The number of hydrogen-bond donors (Lipinski definition) is 1. The summed E-state index contributed by atoms with van der Waals surface area (Å²) in [6.45, 7) is 8.79. The molecule has 0 radical (unpaired) electrons. The first-order valence-corrected chi connectivity index (χ1v) is 7.62. The van der Waals surface area contributed by atoms with Gasteiger partial charge in [0.2, 0.25) is 0 Å². The molecule has 1 rings (SSSR count). The monoisotopic (exact) mass is 267 g/mol. The molecule has 3 unspecified atom stereocenters. The van der Waals surface area contributed by atoms with Crippen LogP contribution in [-0.2, 0) is 9.53 Å². The number of esters is 1. The summed E-state index contributed by atoms with van der Waals surface area (Å²) in [5.41, 5.74) is 0. The normalized spacial score (nSPS) is 27.3. The molecule has 0 heterocycles. The minimum Gasteiger partial charge on any atom is -0.461 e. The summed E-state index contributed by atoms with van der Waals surface area (Å²) in [6, 6.07) is 0.318. The van der Waals surface area contributed by atoms with Crippen LogP contribution >= 0.6 is 0 Å². The van der Waals surface area contributed by atoms with Crippen molar-refractivity contribution in [2.75, 3.05) is 6.54 Å². The molecule has 0 aromatic heterocycles. The first-order valence-electron chi connectivity index (χ1n) is 7.62. The second-order valence-electron chi connectivity index (χ2n) is 5.90. The molecule has 0 saturated heterocycles. The average molecular weight is 267 g/mol. The van der Waals surface area contributed by atoms with E-state index in [9.17, 15) is 4.79 Å². The summed E-state index contributed by atoms with van der Waals surface area (Å²) in [5, 5.41) is 3.11. The Labute approximate surface area is 117 Å². The van der Waals surface area contributed by atoms with Crippen LogP contribution in [0.25, 0.3) is 0 Å². The van der Waals surface area contributed by atoms with Crippen LogP contribution in [0.2, 0.25) is 0 Å². The maximum atomic E-state index is 11.8. The van der Waals surface area contributed by atoms with Crippen molar-refractivity contribution >= 4 is 5.97 Å². The Morgan fingerprint density at radius 3 is 2.74 bits per heavy atom. The summed E-state index contributed by atoms with van der Waals surface area (Å²) in [7, 11) is 0. The molecule has 1 aliphatic carbocycles. The molecule has 3 heteroatoms. The van der Waals surface area contributed by atoms with E-state index in [2.05, 4.69) is 31.3 Å². The van der Waals surface area contributed by atoms with Gasteiger partial charge in [0.25, 0.3) is 0 Å². The number of nitrogens with one attached hydrogen (secondary N) is 1. The number of ether oxygens (including phenoxy) is 1. The van der Waals surface area contributed by atoms with Gasteiger partial charge in [0, 0.05) is 12.0 Å². The third-order valence-corrected chi connectivity index (χ3v) is 3.86. The smallest absolute Gasteiger partial charge is 0.320 e. The van der Waals surface area contributed by atoms with Gasteiger partial charge in [-0.25, -0.2) is 0 Å². The van der Waals surface area contributed by atoms with E-state index in [-0.39, 0.29) is 12.1 Å². The highest BCUT2D eigenvalue weighted by Crippen LogP contribution is 2.36. The van der Waals surface area contributed by atoms with Crippen molar-refractivity contribution in [3.05, 3.63) is 12.2 Å². The number of carbonyl (C=O) groups excluding carboxylic acids is 1. The van der Waals surface area contributed by atoms with E-state index in [1.807, 2.05) is 13.8 Å². The molecule has 1 fully saturated rings. The lowest BCUT2D eigenvalue weighted by Crippen LogP contribution is -2.33. The van der Waals surface area contributed by atoms with Gasteiger partial charge in [0.15, 0.2) is 0 Å². The molecule has 19 heavy (non-hydrogen) atoms. The van der Waals surface area contributed by atoms with Crippen LogP contribution in [0.1, 0.15) is 53.4 Å². The van der Waals surface area contributed by atoms with Crippen molar-refractivity contribution in [2.24, 2.45) is 11.8 Å². The molecule has 110 valence electrons. The molecule has 0 aliphatic heterocycles. The van der Waals surface area contributed by atoms with Crippen molar-refractivity contribution in [3.63, 3.8) is 0 Å². The van der Waals surface area contributed by atoms with Gasteiger partial charge >= 0.3 is 5.97 Å². The summed E-state index contributed by atoms with van der Waals surface area (Å²) in [5.74, 6) is 1.03. The van der Waals surface area contributed by atoms with Gasteiger partial charge in [-0.3, -0.25) is 4.79 Å². The Bertz CT molecular complexity index is 299. The lowest BCUT2D eigenvalue weighted by molar-refractivity contribution is -0.150. The summed E-state index contributed by atoms with van der Waals surface area (Å²) < 4.78 is 5.64. The van der Waals surface area contributed by atoms with Crippen molar-refractivity contribution in [3.8, 4) is 0 Å². The van der Waals surface area contributed by atoms with E-state index >= 15 is 0 Å². The fraction of sp³-hybridized carbons (Fsp3) is 0.812. The molecular weight excluding hydrogens is 238 g/mol. The van der Waals surface area contributed by atoms with Gasteiger partial charge in [-0.1, -0.05) is 39.8 Å². The molecule has 0 amide bonds. The molecule has 0 aromatic rings. The van der Waals surface area contributed by atoms with Crippen LogP contribution in [0.15, 0.2) is 12.2 Å². The van der Waals surface area contributed by atoms with E-state index in [1.54, 1.807) is 0 Å². The molecule has 3 atom stereocenters.